The third kappa shape index (κ3) is 2.99. The van der Waals surface area contributed by atoms with Crippen molar-refractivity contribution in [3.05, 3.63) is 45.8 Å². The van der Waals surface area contributed by atoms with Crippen LogP contribution in [0.5, 0.6) is 0 Å². The highest BCUT2D eigenvalue weighted by molar-refractivity contribution is 5.29. The zero-order chi connectivity index (χ0) is 12.2. The highest BCUT2D eigenvalue weighted by Crippen LogP contribution is 2.24. The number of aliphatic hydroxyl groups is 1. The van der Waals surface area contributed by atoms with Crippen molar-refractivity contribution < 1.29 is 5.11 Å². The first-order chi connectivity index (χ1) is 7.49. The summed E-state index contributed by atoms with van der Waals surface area (Å²) < 4.78 is 0. The molecule has 0 aliphatic heterocycles. The smallest absolute Gasteiger partial charge is 0.0856 e. The lowest BCUT2D eigenvalue weighted by atomic mass is 9.86. The molecule has 1 unspecified atom stereocenters. The molecule has 0 aliphatic carbocycles. The van der Waals surface area contributed by atoms with Crippen LogP contribution in [0.3, 0.4) is 0 Å². The molecule has 4 nitrogen and oxygen atoms in total. The molecule has 0 saturated carbocycles. The minimum Gasteiger partial charge on any atom is -0.396 e. The predicted octanol–water partition coefficient (Wildman–Crippen LogP) is 3.33. The number of hydrogen-bond acceptors (Lipinski definition) is 2. The number of aliphatic hydroxyl groups excluding tert-OH is 1. The number of hydrogen-bond donors (Lipinski definition) is 1. The van der Waals surface area contributed by atoms with Crippen molar-refractivity contribution in [3.8, 4) is 0 Å². The van der Waals surface area contributed by atoms with Crippen molar-refractivity contribution in [1.29, 1.82) is 0 Å². The minimum absolute atomic E-state index is 0.103. The summed E-state index contributed by atoms with van der Waals surface area (Å²) in [5.74, 6) is 0. The zero-order valence-corrected chi connectivity index (χ0v) is 9.88. The number of nitrogens with zero attached hydrogens (tertiary/aromatic N) is 3. The first-order valence-corrected chi connectivity index (χ1v) is 5.24. The Morgan fingerprint density at radius 3 is 2.25 bits per heavy atom. The molecule has 0 heterocycles. The molecule has 1 aromatic rings. The molecule has 0 radical (unpaired) electrons. The van der Waals surface area contributed by atoms with Gasteiger partial charge in [-0.2, -0.15) is 0 Å². The van der Waals surface area contributed by atoms with Gasteiger partial charge in [0.1, 0.15) is 0 Å². The molecule has 0 aromatic heterocycles. The van der Waals surface area contributed by atoms with E-state index in [2.05, 4.69) is 30.8 Å². The van der Waals surface area contributed by atoms with Gasteiger partial charge < -0.3 is 5.11 Å². The lowest BCUT2D eigenvalue weighted by molar-refractivity contribution is 0.268. The van der Waals surface area contributed by atoms with Gasteiger partial charge in [0.15, 0.2) is 0 Å². The maximum absolute atomic E-state index is 9.07. The Labute approximate surface area is 95.5 Å². The Balaban J connectivity index is 2.98. The molecule has 86 valence electrons. The van der Waals surface area contributed by atoms with Gasteiger partial charge in [-0.3, -0.25) is 0 Å². The molecule has 1 rings (SSSR count). The van der Waals surface area contributed by atoms with Crippen molar-refractivity contribution in [2.24, 2.45) is 5.11 Å². The van der Waals surface area contributed by atoms with Crippen LogP contribution < -0.4 is 0 Å². The van der Waals surface area contributed by atoms with E-state index < -0.39 is 6.04 Å². The van der Waals surface area contributed by atoms with Crippen LogP contribution in [0, 0.1) is 0 Å². The fourth-order valence-corrected chi connectivity index (χ4v) is 1.48. The summed E-state index contributed by atoms with van der Waals surface area (Å²) in [6.07, 6.45) is 0. The molecular weight excluding hydrogens is 202 g/mol. The van der Waals surface area contributed by atoms with Gasteiger partial charge in [0, 0.05) is 4.91 Å². The molecule has 4 heteroatoms. The first-order valence-electron chi connectivity index (χ1n) is 5.24. The van der Waals surface area contributed by atoms with Crippen molar-refractivity contribution in [3.63, 3.8) is 0 Å². The maximum atomic E-state index is 9.07. The second-order valence-electron chi connectivity index (χ2n) is 4.78. The molecule has 0 saturated heterocycles. The number of azide groups is 1. The van der Waals surface area contributed by atoms with E-state index in [1.165, 1.54) is 5.56 Å². The topological polar surface area (TPSA) is 69.0 Å². The number of benzene rings is 1. The highest BCUT2D eigenvalue weighted by Gasteiger charge is 2.14. The summed E-state index contributed by atoms with van der Waals surface area (Å²) in [6, 6.07) is 7.32. The Hall–Kier alpha value is -1.51. The Kier molecular flexibility index (Phi) is 3.93. The molecule has 1 aromatic carbocycles. The van der Waals surface area contributed by atoms with E-state index in [1.807, 2.05) is 24.3 Å². The van der Waals surface area contributed by atoms with Crippen molar-refractivity contribution in [1.82, 2.24) is 0 Å². The van der Waals surface area contributed by atoms with E-state index in [4.69, 9.17) is 10.6 Å². The van der Waals surface area contributed by atoms with Gasteiger partial charge in [-0.25, -0.2) is 0 Å². The van der Waals surface area contributed by atoms with Gasteiger partial charge in [-0.05, 0) is 22.1 Å². The fourth-order valence-electron chi connectivity index (χ4n) is 1.48. The summed E-state index contributed by atoms with van der Waals surface area (Å²) in [6.45, 7) is 6.25. The molecule has 1 N–H and O–H groups in total. The van der Waals surface area contributed by atoms with Crippen LogP contribution in [0.4, 0.5) is 0 Å². The standard InChI is InChI=1S/C12H17N3O/c1-12(2,3)10-6-4-9(5-7-10)11(8-16)14-15-13/h4-7,11,16H,8H2,1-3H3. The van der Waals surface area contributed by atoms with Gasteiger partial charge >= 0.3 is 0 Å². The molecule has 0 bridgehead atoms. The van der Waals surface area contributed by atoms with Gasteiger partial charge in [0.25, 0.3) is 0 Å². The normalized spacial score (nSPS) is 13.0. The molecule has 0 aliphatic rings. The Morgan fingerprint density at radius 2 is 1.88 bits per heavy atom. The lowest BCUT2D eigenvalue weighted by Crippen LogP contribution is -2.11. The summed E-state index contributed by atoms with van der Waals surface area (Å²) in [5.41, 5.74) is 10.5. The molecule has 0 spiro atoms. The summed E-state index contributed by atoms with van der Waals surface area (Å²) in [4.78, 5) is 2.72. The Morgan fingerprint density at radius 1 is 1.31 bits per heavy atom. The van der Waals surface area contributed by atoms with Crippen LogP contribution in [0.1, 0.15) is 37.9 Å². The van der Waals surface area contributed by atoms with E-state index in [-0.39, 0.29) is 12.0 Å². The minimum atomic E-state index is -0.487. The predicted molar refractivity (Wildman–Crippen MR) is 64.1 cm³/mol. The second-order valence-corrected chi connectivity index (χ2v) is 4.78. The SMILES string of the molecule is CC(C)(C)c1ccc(C(CO)N=[N+]=[N-])cc1. The van der Waals surface area contributed by atoms with E-state index in [0.29, 0.717) is 0 Å². The number of rotatable bonds is 3. The Bertz CT molecular complexity index is 386. The fraction of sp³-hybridized carbons (Fsp3) is 0.500. The third-order valence-corrected chi connectivity index (χ3v) is 2.53. The molecule has 0 amide bonds. The first kappa shape index (κ1) is 12.6. The van der Waals surface area contributed by atoms with Crippen LogP contribution >= 0.6 is 0 Å². The van der Waals surface area contributed by atoms with Crippen LogP contribution in [-0.4, -0.2) is 11.7 Å². The highest BCUT2D eigenvalue weighted by atomic mass is 16.3. The van der Waals surface area contributed by atoms with Gasteiger partial charge in [0.05, 0.1) is 12.6 Å². The van der Waals surface area contributed by atoms with Crippen LogP contribution in [0.2, 0.25) is 0 Å². The van der Waals surface area contributed by atoms with Crippen LogP contribution in [0.25, 0.3) is 10.4 Å². The molecule has 16 heavy (non-hydrogen) atoms. The average Bonchev–Trinajstić information content (AvgIpc) is 2.25. The van der Waals surface area contributed by atoms with Crippen molar-refractivity contribution in [2.75, 3.05) is 6.61 Å². The second kappa shape index (κ2) is 5.01. The maximum Gasteiger partial charge on any atom is 0.0856 e. The van der Waals surface area contributed by atoms with Crippen LogP contribution in [0.15, 0.2) is 29.4 Å². The van der Waals surface area contributed by atoms with E-state index >= 15 is 0 Å². The van der Waals surface area contributed by atoms with Gasteiger partial charge in [-0.15, -0.1) is 0 Å². The average molecular weight is 219 g/mol. The van der Waals surface area contributed by atoms with Gasteiger partial charge in [0.2, 0.25) is 0 Å². The molecular formula is C12H17N3O. The van der Waals surface area contributed by atoms with E-state index in [9.17, 15) is 0 Å². The lowest BCUT2D eigenvalue weighted by Gasteiger charge is -2.19. The summed E-state index contributed by atoms with van der Waals surface area (Å²) in [5, 5.41) is 12.6. The van der Waals surface area contributed by atoms with Crippen LogP contribution in [-0.2, 0) is 5.41 Å². The van der Waals surface area contributed by atoms with Crippen molar-refractivity contribution >= 4 is 0 Å². The third-order valence-electron chi connectivity index (χ3n) is 2.53. The zero-order valence-electron chi connectivity index (χ0n) is 9.88. The van der Waals surface area contributed by atoms with Crippen molar-refractivity contribution in [2.45, 2.75) is 32.2 Å². The van der Waals surface area contributed by atoms with E-state index in [1.54, 1.807) is 0 Å². The largest absolute Gasteiger partial charge is 0.396 e. The molecule has 0 fully saturated rings. The quantitative estimate of drug-likeness (QED) is 0.473. The van der Waals surface area contributed by atoms with E-state index in [0.717, 1.165) is 5.56 Å². The van der Waals surface area contributed by atoms with Gasteiger partial charge in [-0.1, -0.05) is 50.2 Å². The monoisotopic (exact) mass is 219 g/mol. The molecule has 1 atom stereocenters. The summed E-state index contributed by atoms with van der Waals surface area (Å²) >= 11 is 0. The summed E-state index contributed by atoms with van der Waals surface area (Å²) in [7, 11) is 0.